The van der Waals surface area contributed by atoms with E-state index in [1.807, 2.05) is 18.2 Å². The number of benzene rings is 1. The maximum atomic E-state index is 10.4. The van der Waals surface area contributed by atoms with E-state index >= 15 is 0 Å². The van der Waals surface area contributed by atoms with Crippen LogP contribution in [0.2, 0.25) is 5.15 Å². The van der Waals surface area contributed by atoms with Gasteiger partial charge >= 0.3 is 0 Å². The van der Waals surface area contributed by atoms with Crippen LogP contribution in [0.25, 0.3) is 10.8 Å². The van der Waals surface area contributed by atoms with Crippen LogP contribution in [0.15, 0.2) is 28.9 Å². The van der Waals surface area contributed by atoms with Crippen LogP contribution in [-0.2, 0) is 11.2 Å². The number of hydrogen-bond donors (Lipinski definition) is 0. The third kappa shape index (κ3) is 2.25. The molecule has 0 atom stereocenters. The number of rotatable bonds is 3. The predicted molar refractivity (Wildman–Crippen MR) is 68.8 cm³/mol. The number of fused-ring (bicyclic) bond motifs is 1. The van der Waals surface area contributed by atoms with Crippen molar-refractivity contribution in [1.29, 1.82) is 0 Å². The van der Waals surface area contributed by atoms with E-state index < -0.39 is 0 Å². The fraction of sp³-hybridized carbons (Fsp3) is 0.167. The van der Waals surface area contributed by atoms with E-state index in [0.717, 1.165) is 33.5 Å². The second-order valence-electron chi connectivity index (χ2n) is 3.46. The van der Waals surface area contributed by atoms with Crippen molar-refractivity contribution in [3.8, 4) is 0 Å². The van der Waals surface area contributed by atoms with Crippen LogP contribution in [0.3, 0.4) is 0 Å². The first-order valence-electron chi connectivity index (χ1n) is 4.88. The third-order valence-electron chi connectivity index (χ3n) is 2.44. The summed E-state index contributed by atoms with van der Waals surface area (Å²) in [5, 5.41) is 2.54. The lowest BCUT2D eigenvalue weighted by Crippen LogP contribution is -1.90. The molecular formula is C12H9BrClNO. The Balaban J connectivity index is 2.60. The van der Waals surface area contributed by atoms with E-state index in [0.29, 0.717) is 11.6 Å². The van der Waals surface area contributed by atoms with Crippen molar-refractivity contribution in [2.45, 2.75) is 12.8 Å². The van der Waals surface area contributed by atoms with E-state index in [2.05, 4.69) is 20.9 Å². The first-order chi connectivity index (χ1) is 7.72. The van der Waals surface area contributed by atoms with E-state index in [9.17, 15) is 4.79 Å². The number of aryl methyl sites for hydroxylation is 1. The van der Waals surface area contributed by atoms with Crippen molar-refractivity contribution < 1.29 is 4.79 Å². The highest BCUT2D eigenvalue weighted by Gasteiger charge is 2.05. The largest absolute Gasteiger partial charge is 0.303 e. The summed E-state index contributed by atoms with van der Waals surface area (Å²) in [5.41, 5.74) is 1.12. The van der Waals surface area contributed by atoms with Gasteiger partial charge in [0.15, 0.2) is 0 Å². The predicted octanol–water partition coefficient (Wildman–Crippen LogP) is 3.78. The average Bonchev–Trinajstić information content (AvgIpc) is 2.28. The van der Waals surface area contributed by atoms with Crippen molar-refractivity contribution in [3.05, 3.63) is 39.6 Å². The maximum Gasteiger partial charge on any atom is 0.129 e. The highest BCUT2D eigenvalue weighted by molar-refractivity contribution is 9.10. The van der Waals surface area contributed by atoms with Gasteiger partial charge < -0.3 is 4.79 Å². The Hall–Kier alpha value is -0.930. The van der Waals surface area contributed by atoms with E-state index in [-0.39, 0.29) is 0 Å². The van der Waals surface area contributed by atoms with Crippen molar-refractivity contribution in [2.75, 3.05) is 0 Å². The number of pyridine rings is 1. The molecule has 0 aliphatic heterocycles. The second-order valence-corrected chi connectivity index (χ2v) is 4.71. The molecule has 1 aromatic heterocycles. The molecule has 0 spiro atoms. The number of hydrogen-bond acceptors (Lipinski definition) is 2. The smallest absolute Gasteiger partial charge is 0.129 e. The number of halogens is 2. The topological polar surface area (TPSA) is 30.0 Å². The summed E-state index contributed by atoms with van der Waals surface area (Å²) >= 11 is 9.35. The molecule has 2 rings (SSSR count). The van der Waals surface area contributed by atoms with Crippen LogP contribution < -0.4 is 0 Å². The Morgan fingerprint density at radius 1 is 1.38 bits per heavy atom. The number of aldehydes is 1. The van der Waals surface area contributed by atoms with Gasteiger partial charge in [0, 0.05) is 22.5 Å². The van der Waals surface area contributed by atoms with Crippen LogP contribution in [0.5, 0.6) is 0 Å². The van der Waals surface area contributed by atoms with E-state index in [1.165, 1.54) is 0 Å². The summed E-state index contributed by atoms with van der Waals surface area (Å²) in [6, 6.07) is 5.81. The Bertz CT molecular complexity index is 542. The average molecular weight is 299 g/mol. The maximum absolute atomic E-state index is 10.4. The third-order valence-corrected chi connectivity index (χ3v) is 3.33. The molecule has 0 aliphatic rings. The van der Waals surface area contributed by atoms with Crippen molar-refractivity contribution >= 4 is 44.6 Å². The van der Waals surface area contributed by atoms with Crippen LogP contribution in [-0.4, -0.2) is 11.3 Å². The SMILES string of the molecule is O=CCCc1ccc(Br)c2cnc(Cl)cc12. The van der Waals surface area contributed by atoms with Crippen molar-refractivity contribution in [2.24, 2.45) is 0 Å². The standard InChI is InChI=1S/C12H9BrClNO/c13-11-4-3-8(2-1-5-16)9-6-12(14)15-7-10(9)11/h3-7H,1-2H2. The molecule has 0 saturated heterocycles. The van der Waals surface area contributed by atoms with Gasteiger partial charge in [0.1, 0.15) is 11.4 Å². The minimum absolute atomic E-state index is 0.470. The van der Waals surface area contributed by atoms with Gasteiger partial charge in [-0.25, -0.2) is 4.98 Å². The zero-order valence-corrected chi connectivity index (χ0v) is 10.8. The Labute approximate surface area is 107 Å². The Morgan fingerprint density at radius 2 is 2.19 bits per heavy atom. The first-order valence-corrected chi connectivity index (χ1v) is 6.05. The Morgan fingerprint density at radius 3 is 2.94 bits per heavy atom. The molecule has 1 heterocycles. The van der Waals surface area contributed by atoms with E-state index in [1.54, 1.807) is 6.20 Å². The number of carbonyl (C=O) groups excluding carboxylic acids is 1. The molecule has 82 valence electrons. The summed E-state index contributed by atoms with van der Waals surface area (Å²) in [5.74, 6) is 0. The van der Waals surface area contributed by atoms with Gasteiger partial charge in [0.25, 0.3) is 0 Å². The minimum Gasteiger partial charge on any atom is -0.303 e. The molecular weight excluding hydrogens is 289 g/mol. The van der Waals surface area contributed by atoms with Crippen LogP contribution in [0.1, 0.15) is 12.0 Å². The molecule has 0 aliphatic carbocycles. The molecule has 0 saturated carbocycles. The lowest BCUT2D eigenvalue weighted by atomic mass is 10.0. The normalized spacial score (nSPS) is 10.6. The second kappa shape index (κ2) is 4.93. The van der Waals surface area contributed by atoms with E-state index in [4.69, 9.17) is 11.6 Å². The molecule has 4 heteroatoms. The lowest BCUT2D eigenvalue weighted by Gasteiger charge is -2.06. The molecule has 0 unspecified atom stereocenters. The van der Waals surface area contributed by atoms with Gasteiger partial charge in [-0.15, -0.1) is 0 Å². The van der Waals surface area contributed by atoms with Crippen LogP contribution >= 0.6 is 27.5 Å². The quantitative estimate of drug-likeness (QED) is 0.637. The highest BCUT2D eigenvalue weighted by Crippen LogP contribution is 2.28. The summed E-state index contributed by atoms with van der Waals surface area (Å²) in [6.07, 6.45) is 3.92. The molecule has 2 nitrogen and oxygen atoms in total. The molecule has 0 N–H and O–H groups in total. The summed E-state index contributed by atoms with van der Waals surface area (Å²) in [6.45, 7) is 0. The molecule has 0 amide bonds. The van der Waals surface area contributed by atoms with Crippen molar-refractivity contribution in [1.82, 2.24) is 4.98 Å². The van der Waals surface area contributed by atoms with Crippen molar-refractivity contribution in [3.63, 3.8) is 0 Å². The van der Waals surface area contributed by atoms with Gasteiger partial charge in [-0.05, 0) is 29.5 Å². The summed E-state index contributed by atoms with van der Waals surface area (Å²) < 4.78 is 0.988. The zero-order valence-electron chi connectivity index (χ0n) is 8.41. The van der Waals surface area contributed by atoms with Gasteiger partial charge in [0.05, 0.1) is 0 Å². The Kier molecular flexibility index (Phi) is 3.56. The number of carbonyl (C=O) groups is 1. The fourth-order valence-electron chi connectivity index (χ4n) is 1.67. The fourth-order valence-corrected chi connectivity index (χ4v) is 2.28. The monoisotopic (exact) mass is 297 g/mol. The van der Waals surface area contributed by atoms with Gasteiger partial charge in [-0.3, -0.25) is 0 Å². The van der Waals surface area contributed by atoms with Gasteiger partial charge in [0.2, 0.25) is 0 Å². The first kappa shape index (κ1) is 11.6. The molecule has 16 heavy (non-hydrogen) atoms. The lowest BCUT2D eigenvalue weighted by molar-refractivity contribution is -0.107. The molecule has 2 aromatic rings. The van der Waals surface area contributed by atoms with Crippen LogP contribution in [0.4, 0.5) is 0 Å². The van der Waals surface area contributed by atoms with Gasteiger partial charge in [-0.2, -0.15) is 0 Å². The number of nitrogens with zero attached hydrogens (tertiary/aromatic N) is 1. The molecule has 0 radical (unpaired) electrons. The van der Waals surface area contributed by atoms with Gasteiger partial charge in [-0.1, -0.05) is 33.6 Å². The highest BCUT2D eigenvalue weighted by atomic mass is 79.9. The summed E-state index contributed by atoms with van der Waals surface area (Å²) in [4.78, 5) is 14.5. The molecule has 0 bridgehead atoms. The summed E-state index contributed by atoms with van der Waals surface area (Å²) in [7, 11) is 0. The number of aromatic nitrogens is 1. The molecule has 0 fully saturated rings. The zero-order chi connectivity index (χ0) is 11.5. The minimum atomic E-state index is 0.470. The molecule has 1 aromatic carbocycles. The van der Waals surface area contributed by atoms with Crippen LogP contribution in [0, 0.1) is 0 Å².